The van der Waals surface area contributed by atoms with Crippen LogP contribution in [0.4, 0.5) is 0 Å². The van der Waals surface area contributed by atoms with Gasteiger partial charge in [-0.25, -0.2) is 0 Å². The minimum Gasteiger partial charge on any atom is -0.323 e. The first-order valence-corrected chi connectivity index (χ1v) is 9.34. The van der Waals surface area contributed by atoms with E-state index in [0.717, 1.165) is 0 Å². The second kappa shape index (κ2) is 2.05. The average molecular weight is 314 g/mol. The van der Waals surface area contributed by atoms with Crippen LogP contribution in [0.1, 0.15) is 0 Å². The zero-order chi connectivity index (χ0) is 4.50. The molecule has 2 nitrogen and oxygen atoms in total. The van der Waals surface area contributed by atoms with Crippen molar-refractivity contribution < 1.29 is 0 Å². The van der Waals surface area contributed by atoms with Crippen LogP contribution in [0.15, 0.2) is 0 Å². The van der Waals surface area contributed by atoms with Crippen molar-refractivity contribution in [1.29, 1.82) is 0 Å². The lowest BCUT2D eigenvalue weighted by atomic mass is 13.9. The third kappa shape index (κ3) is 28.4. The molecular formula is H4I2N2Si. The normalized spacial score (nSPS) is 12.0. The summed E-state index contributed by atoms with van der Waals surface area (Å²) in [7, 11) is 0. The molecule has 0 aliphatic heterocycles. The monoisotopic (exact) mass is 314 g/mol. The molecule has 0 amide bonds. The van der Waals surface area contributed by atoms with Crippen molar-refractivity contribution in [2.75, 3.05) is 0 Å². The van der Waals surface area contributed by atoms with Crippen LogP contribution in [0.5, 0.6) is 0 Å². The van der Waals surface area contributed by atoms with Gasteiger partial charge in [-0.2, -0.15) is 0 Å². The minimum atomic E-state index is -1.67. The highest BCUT2D eigenvalue weighted by atomic mass is 127. The Morgan fingerprint density at radius 1 is 1.20 bits per heavy atom. The van der Waals surface area contributed by atoms with Crippen LogP contribution in [0.3, 0.4) is 0 Å². The van der Waals surface area contributed by atoms with E-state index in [1.807, 2.05) is 0 Å². The number of hydrogen-bond acceptors (Lipinski definition) is 2. The summed E-state index contributed by atoms with van der Waals surface area (Å²) < 4.78 is -1.67. The molecule has 0 saturated carbocycles. The summed E-state index contributed by atoms with van der Waals surface area (Å²) in [4.78, 5) is 0. The van der Waals surface area contributed by atoms with Crippen molar-refractivity contribution in [2.24, 2.45) is 10.8 Å². The van der Waals surface area contributed by atoms with Crippen LogP contribution in [0.2, 0.25) is 0 Å². The van der Waals surface area contributed by atoms with Gasteiger partial charge in [0, 0.05) is 0 Å². The summed E-state index contributed by atoms with van der Waals surface area (Å²) in [5.41, 5.74) is 0. The SMILES string of the molecule is N[Si](N)(I)I. The molecule has 0 fully saturated rings. The molecule has 0 aromatic rings. The molecule has 0 radical (unpaired) electrons. The number of rotatable bonds is 0. The molecule has 0 atom stereocenters. The van der Waals surface area contributed by atoms with Crippen LogP contribution in [-0.2, 0) is 0 Å². The van der Waals surface area contributed by atoms with Gasteiger partial charge in [0.15, 0.2) is 0 Å². The Labute approximate surface area is 57.3 Å². The predicted octanol–water partition coefficient (Wildman–Crippen LogP) is 0.209. The summed E-state index contributed by atoms with van der Waals surface area (Å²) >= 11 is 4.12. The lowest BCUT2D eigenvalue weighted by Gasteiger charge is -1.95. The van der Waals surface area contributed by atoms with Gasteiger partial charge in [-0.15, -0.1) is 0 Å². The minimum absolute atomic E-state index is 1.67. The van der Waals surface area contributed by atoms with Crippen LogP contribution in [-0.4, -0.2) is 3.39 Å². The Kier molecular flexibility index (Phi) is 2.70. The fourth-order valence-electron chi connectivity index (χ4n) is 0. The molecule has 0 heterocycles. The van der Waals surface area contributed by atoms with Crippen molar-refractivity contribution in [3.63, 3.8) is 0 Å². The molecule has 0 bridgehead atoms. The molecule has 4 N–H and O–H groups in total. The maximum Gasteiger partial charge on any atom is 0.332 e. The van der Waals surface area contributed by atoms with Gasteiger partial charge in [0.25, 0.3) is 0 Å². The smallest absolute Gasteiger partial charge is 0.323 e. The Bertz CT molecular complexity index is 23.1. The van der Waals surface area contributed by atoms with Gasteiger partial charge < -0.3 is 10.8 Å². The van der Waals surface area contributed by atoms with E-state index in [9.17, 15) is 0 Å². The largest absolute Gasteiger partial charge is 0.332 e. The third-order valence-corrected chi connectivity index (χ3v) is 0. The van der Waals surface area contributed by atoms with Gasteiger partial charge in [-0.05, 0) is 0 Å². The molecule has 5 heavy (non-hydrogen) atoms. The van der Waals surface area contributed by atoms with E-state index in [2.05, 4.69) is 43.6 Å². The summed E-state index contributed by atoms with van der Waals surface area (Å²) in [5, 5.41) is 10.5. The lowest BCUT2D eigenvalue weighted by molar-refractivity contribution is 1.74. The molecule has 32 valence electrons. The molecule has 0 aromatic carbocycles. The quantitative estimate of drug-likeness (QED) is 0.382. The Balaban J connectivity index is 3.02. The summed E-state index contributed by atoms with van der Waals surface area (Å²) in [5.74, 6) is 0. The molecule has 0 aliphatic carbocycles. The second-order valence-corrected chi connectivity index (χ2v) is 18.9. The van der Waals surface area contributed by atoms with Crippen molar-refractivity contribution >= 4 is 47.0 Å². The first-order valence-electron chi connectivity index (χ1n) is 0.955. The molecular weight excluding hydrogens is 310 g/mol. The highest BCUT2D eigenvalue weighted by Crippen LogP contribution is 2.03. The number of halogens is 2. The van der Waals surface area contributed by atoms with E-state index < -0.39 is 3.39 Å². The zero-order valence-corrected chi connectivity index (χ0v) is 7.73. The van der Waals surface area contributed by atoms with Crippen LogP contribution in [0.25, 0.3) is 0 Å². The molecule has 0 spiro atoms. The molecule has 0 unspecified atom stereocenters. The molecule has 0 aromatic heterocycles. The van der Waals surface area contributed by atoms with Crippen LogP contribution < -0.4 is 10.8 Å². The van der Waals surface area contributed by atoms with E-state index in [0.29, 0.717) is 0 Å². The van der Waals surface area contributed by atoms with Crippen LogP contribution >= 0.6 is 43.6 Å². The second-order valence-electron chi connectivity index (χ2n) is 0.675. The maximum atomic E-state index is 5.24. The van der Waals surface area contributed by atoms with Crippen molar-refractivity contribution in [3.8, 4) is 0 Å². The highest BCUT2D eigenvalue weighted by Gasteiger charge is 2.09. The first kappa shape index (κ1) is 6.60. The molecule has 0 saturated heterocycles. The van der Waals surface area contributed by atoms with E-state index in [-0.39, 0.29) is 0 Å². The van der Waals surface area contributed by atoms with E-state index in [1.165, 1.54) is 0 Å². The average Bonchev–Trinajstić information content (AvgIpc) is 0.722. The van der Waals surface area contributed by atoms with E-state index >= 15 is 0 Å². The Hall–Kier alpha value is 1.60. The first-order chi connectivity index (χ1) is 2.00. The van der Waals surface area contributed by atoms with Gasteiger partial charge in [-0.1, -0.05) is 43.6 Å². The van der Waals surface area contributed by atoms with Crippen molar-refractivity contribution in [2.45, 2.75) is 0 Å². The summed E-state index contributed by atoms with van der Waals surface area (Å²) in [6.45, 7) is 0. The number of nitrogens with two attached hydrogens (primary N) is 2. The zero-order valence-electron chi connectivity index (χ0n) is 2.41. The van der Waals surface area contributed by atoms with Gasteiger partial charge in [0.05, 0.1) is 0 Å². The predicted molar refractivity (Wildman–Crippen MR) is 42.2 cm³/mol. The fourth-order valence-corrected chi connectivity index (χ4v) is 0. The van der Waals surface area contributed by atoms with Gasteiger partial charge in [0.2, 0.25) is 0 Å². The summed E-state index contributed by atoms with van der Waals surface area (Å²) in [6.07, 6.45) is 0. The van der Waals surface area contributed by atoms with Crippen molar-refractivity contribution in [1.82, 2.24) is 0 Å². The van der Waals surface area contributed by atoms with E-state index in [1.54, 1.807) is 0 Å². The third-order valence-electron chi connectivity index (χ3n) is 0. The Morgan fingerprint density at radius 2 is 1.20 bits per heavy atom. The highest BCUT2D eigenvalue weighted by molar-refractivity contribution is 14.3. The maximum absolute atomic E-state index is 5.24. The molecule has 5 heteroatoms. The Morgan fingerprint density at radius 3 is 1.20 bits per heavy atom. The van der Waals surface area contributed by atoms with E-state index in [4.69, 9.17) is 10.8 Å². The summed E-state index contributed by atoms with van der Waals surface area (Å²) in [6, 6.07) is 0. The van der Waals surface area contributed by atoms with Gasteiger partial charge in [-0.3, -0.25) is 0 Å². The molecule has 0 rings (SSSR count). The molecule has 0 aliphatic rings. The topological polar surface area (TPSA) is 52.0 Å². The van der Waals surface area contributed by atoms with Gasteiger partial charge >= 0.3 is 3.39 Å². The number of hydrogen-bond donors (Lipinski definition) is 2. The fraction of sp³-hybridized carbons (Fsp3) is 0. The van der Waals surface area contributed by atoms with Crippen LogP contribution in [0, 0.1) is 0 Å². The van der Waals surface area contributed by atoms with Gasteiger partial charge in [0.1, 0.15) is 0 Å². The van der Waals surface area contributed by atoms with Crippen molar-refractivity contribution in [3.05, 3.63) is 0 Å². The lowest BCUT2D eigenvalue weighted by Crippen LogP contribution is -2.42. The standard InChI is InChI=1S/H4I2N2Si/c1-5(2,3)4/h3-4H2.